The molecule has 7 heteroatoms. The Hall–Kier alpha value is -3.48. The molecule has 2 aliphatic rings. The smallest absolute Gasteiger partial charge is 0.325 e. The Bertz CT molecular complexity index is 1190. The molecule has 7 nitrogen and oxygen atoms in total. The van der Waals surface area contributed by atoms with Crippen molar-refractivity contribution in [2.45, 2.75) is 25.3 Å². The fourth-order valence-electron chi connectivity index (χ4n) is 3.74. The highest BCUT2D eigenvalue weighted by Gasteiger charge is 2.22. The molecule has 0 spiro atoms. The average molecular weight is 389 g/mol. The second kappa shape index (κ2) is 7.16. The summed E-state index contributed by atoms with van der Waals surface area (Å²) in [5.74, 6) is 1.52. The maximum absolute atomic E-state index is 11.5. The number of para-hydroxylation sites is 2. The van der Waals surface area contributed by atoms with E-state index >= 15 is 0 Å². The summed E-state index contributed by atoms with van der Waals surface area (Å²) >= 11 is 0. The van der Waals surface area contributed by atoms with Gasteiger partial charge in [-0.15, -0.1) is 0 Å². The molecule has 1 aromatic heterocycles. The van der Waals surface area contributed by atoms with Crippen LogP contribution in [-0.2, 0) is 0 Å². The predicted molar refractivity (Wildman–Crippen MR) is 113 cm³/mol. The molecule has 1 aliphatic carbocycles. The topological polar surface area (TPSA) is 76.7 Å². The van der Waals surface area contributed by atoms with Crippen LogP contribution in [0.1, 0.15) is 19.3 Å². The summed E-state index contributed by atoms with van der Waals surface area (Å²) in [6, 6.07) is 16.7. The van der Waals surface area contributed by atoms with Gasteiger partial charge in [-0.2, -0.15) is 0 Å². The van der Waals surface area contributed by atoms with E-state index < -0.39 is 0 Å². The number of imidazole rings is 1. The third kappa shape index (κ3) is 3.40. The summed E-state index contributed by atoms with van der Waals surface area (Å²) in [7, 11) is 2.16. The highest BCUT2D eigenvalue weighted by atomic mass is 16.5. The molecule has 148 valence electrons. The molecule has 1 fully saturated rings. The Kier molecular flexibility index (Phi) is 4.35. The van der Waals surface area contributed by atoms with Crippen molar-refractivity contribution in [2.75, 3.05) is 23.5 Å². The number of anilines is 2. The van der Waals surface area contributed by atoms with Crippen LogP contribution < -0.4 is 31.1 Å². The van der Waals surface area contributed by atoms with Gasteiger partial charge < -0.3 is 19.5 Å². The van der Waals surface area contributed by atoms with Crippen molar-refractivity contribution < 1.29 is 4.74 Å². The van der Waals surface area contributed by atoms with Crippen LogP contribution in [0.3, 0.4) is 0 Å². The number of aromatic amines is 2. The minimum atomic E-state index is -0.256. The van der Waals surface area contributed by atoms with Crippen LogP contribution in [0.4, 0.5) is 11.4 Å². The monoisotopic (exact) mass is 389 g/mol. The summed E-state index contributed by atoms with van der Waals surface area (Å²) < 4.78 is 6.19. The lowest BCUT2D eigenvalue weighted by Gasteiger charge is -2.36. The number of benzene rings is 2. The molecule has 1 aliphatic heterocycles. The van der Waals surface area contributed by atoms with Crippen LogP contribution in [-0.4, -0.2) is 29.7 Å². The van der Waals surface area contributed by atoms with E-state index in [1.807, 2.05) is 47.5 Å². The summed E-state index contributed by atoms with van der Waals surface area (Å²) in [4.78, 5) is 25.7. The van der Waals surface area contributed by atoms with Gasteiger partial charge in [0.25, 0.3) is 0 Å². The molecule has 0 amide bonds. The number of rotatable bonds is 5. The maximum atomic E-state index is 11.5. The second-order valence-electron chi connectivity index (χ2n) is 7.50. The third-order valence-corrected chi connectivity index (χ3v) is 5.67. The first-order chi connectivity index (χ1) is 14.2. The van der Waals surface area contributed by atoms with Gasteiger partial charge in [-0.1, -0.05) is 12.1 Å². The van der Waals surface area contributed by atoms with Crippen LogP contribution >= 0.6 is 0 Å². The van der Waals surface area contributed by atoms with Crippen molar-refractivity contribution in [2.24, 2.45) is 4.99 Å². The van der Waals surface area contributed by atoms with Gasteiger partial charge in [0, 0.05) is 25.0 Å². The lowest BCUT2D eigenvalue weighted by Crippen LogP contribution is -2.36. The van der Waals surface area contributed by atoms with Crippen molar-refractivity contribution in [1.82, 2.24) is 9.97 Å². The molecule has 0 unspecified atom stereocenters. The highest BCUT2D eigenvalue weighted by Crippen LogP contribution is 2.34. The molecular formula is C22H23N5O2. The standard InChI is InChI=1S/C22H23N5O2/c1-26(15-5-4-6-15)16-9-11-17(12-10-16)29-20-8-3-2-7-19(20)27-13-18-21(23-14-27)25-22(28)24-18/h2-3,7-13,15H,4-6,14H2,1H3,(H2,23,24,25,28). The molecule has 3 aromatic rings. The van der Waals surface area contributed by atoms with E-state index in [1.54, 1.807) is 0 Å². The SMILES string of the molecule is CN(c1ccc(Oc2ccccc2N2C=c3[nH]c(=O)[nH]c3=NC2)cc1)C1CCC1. The number of nitrogens with zero attached hydrogens (tertiary/aromatic N) is 3. The van der Waals surface area contributed by atoms with Crippen LogP contribution in [0.2, 0.25) is 0 Å². The molecule has 0 saturated heterocycles. The van der Waals surface area contributed by atoms with Gasteiger partial charge in [-0.25, -0.2) is 9.79 Å². The number of hydrogen-bond donors (Lipinski definition) is 2. The zero-order chi connectivity index (χ0) is 19.8. The zero-order valence-corrected chi connectivity index (χ0v) is 16.3. The maximum Gasteiger partial charge on any atom is 0.325 e. The summed E-state index contributed by atoms with van der Waals surface area (Å²) in [5.41, 5.74) is 2.42. The first-order valence-corrected chi connectivity index (χ1v) is 9.88. The molecule has 0 bridgehead atoms. The van der Waals surface area contributed by atoms with Gasteiger partial charge in [-0.3, -0.25) is 4.98 Å². The van der Waals surface area contributed by atoms with Gasteiger partial charge in [-0.05, 0) is 55.7 Å². The van der Waals surface area contributed by atoms with E-state index in [1.165, 1.54) is 24.9 Å². The van der Waals surface area contributed by atoms with Crippen molar-refractivity contribution in [1.29, 1.82) is 0 Å². The van der Waals surface area contributed by atoms with E-state index in [9.17, 15) is 4.79 Å². The number of ether oxygens (including phenoxy) is 1. The first kappa shape index (κ1) is 17.6. The van der Waals surface area contributed by atoms with E-state index in [0.717, 1.165) is 17.2 Å². The van der Waals surface area contributed by atoms with Gasteiger partial charge in [0.15, 0.2) is 11.2 Å². The van der Waals surface area contributed by atoms with Crippen molar-refractivity contribution in [3.63, 3.8) is 0 Å². The second-order valence-corrected chi connectivity index (χ2v) is 7.50. The molecule has 0 radical (unpaired) electrons. The summed E-state index contributed by atoms with van der Waals surface area (Å²) in [6.07, 6.45) is 5.74. The van der Waals surface area contributed by atoms with Gasteiger partial charge in [0.05, 0.1) is 5.69 Å². The highest BCUT2D eigenvalue weighted by molar-refractivity contribution is 5.67. The van der Waals surface area contributed by atoms with E-state index in [2.05, 4.69) is 39.0 Å². The molecule has 0 atom stereocenters. The van der Waals surface area contributed by atoms with Gasteiger partial charge in [0.2, 0.25) is 0 Å². The van der Waals surface area contributed by atoms with Crippen LogP contribution in [0.15, 0.2) is 58.3 Å². The van der Waals surface area contributed by atoms with E-state index in [4.69, 9.17) is 4.74 Å². The molecular weight excluding hydrogens is 366 g/mol. The van der Waals surface area contributed by atoms with Crippen LogP contribution in [0.25, 0.3) is 6.20 Å². The Balaban J connectivity index is 1.39. The van der Waals surface area contributed by atoms with Crippen molar-refractivity contribution in [3.05, 3.63) is 69.9 Å². The number of fused-ring (bicyclic) bond motifs is 1. The minimum Gasteiger partial charge on any atom is -0.455 e. The lowest BCUT2D eigenvalue weighted by atomic mass is 9.91. The number of aromatic nitrogens is 2. The largest absolute Gasteiger partial charge is 0.455 e. The number of nitrogens with one attached hydrogen (secondary N) is 2. The van der Waals surface area contributed by atoms with E-state index in [0.29, 0.717) is 23.5 Å². The molecule has 5 rings (SSSR count). The van der Waals surface area contributed by atoms with Gasteiger partial charge >= 0.3 is 5.69 Å². The molecule has 2 aromatic carbocycles. The molecule has 2 N–H and O–H groups in total. The quantitative estimate of drug-likeness (QED) is 0.702. The van der Waals surface area contributed by atoms with Gasteiger partial charge in [0.1, 0.15) is 17.8 Å². The molecule has 1 saturated carbocycles. The molecule has 2 heterocycles. The van der Waals surface area contributed by atoms with Crippen LogP contribution in [0, 0.1) is 0 Å². The normalized spacial score (nSPS) is 15.7. The summed E-state index contributed by atoms with van der Waals surface area (Å²) in [6.45, 7) is 0.409. The Morgan fingerprint density at radius 2 is 1.90 bits per heavy atom. The zero-order valence-electron chi connectivity index (χ0n) is 16.3. The predicted octanol–water partition coefficient (Wildman–Crippen LogP) is 2.32. The van der Waals surface area contributed by atoms with Crippen molar-refractivity contribution in [3.8, 4) is 11.5 Å². The Morgan fingerprint density at radius 1 is 1.10 bits per heavy atom. The fraction of sp³-hybridized carbons (Fsp3) is 0.273. The lowest BCUT2D eigenvalue weighted by molar-refractivity contribution is 0.401. The Morgan fingerprint density at radius 3 is 2.66 bits per heavy atom. The number of H-pyrrole nitrogens is 2. The fourth-order valence-corrected chi connectivity index (χ4v) is 3.74. The first-order valence-electron chi connectivity index (χ1n) is 9.88. The van der Waals surface area contributed by atoms with Crippen molar-refractivity contribution >= 4 is 17.6 Å². The Labute approximate surface area is 168 Å². The summed E-state index contributed by atoms with van der Waals surface area (Å²) in [5, 5.41) is 0.666. The number of hydrogen-bond acceptors (Lipinski definition) is 5. The third-order valence-electron chi connectivity index (χ3n) is 5.67. The molecule has 29 heavy (non-hydrogen) atoms. The van der Waals surface area contributed by atoms with Crippen LogP contribution in [0.5, 0.6) is 11.5 Å². The van der Waals surface area contributed by atoms with E-state index in [-0.39, 0.29) is 5.69 Å². The minimum absolute atomic E-state index is 0.256. The average Bonchev–Trinajstić information content (AvgIpc) is 3.07.